The van der Waals surface area contributed by atoms with Crippen molar-refractivity contribution < 1.29 is 0 Å². The summed E-state index contributed by atoms with van der Waals surface area (Å²) in [6.07, 6.45) is 32.8. The zero-order valence-electron chi connectivity index (χ0n) is 27.8. The number of allylic oxidation sites excluding steroid dienone is 1. The summed E-state index contributed by atoms with van der Waals surface area (Å²) in [4.78, 5) is 0. The lowest BCUT2D eigenvalue weighted by Gasteiger charge is -2.03. The summed E-state index contributed by atoms with van der Waals surface area (Å²) in [5, 5.41) is 0. The molecule has 0 unspecified atom stereocenters. The minimum atomic E-state index is 1.21. The fourth-order valence-corrected chi connectivity index (χ4v) is 3.01. The van der Waals surface area contributed by atoms with Gasteiger partial charge < -0.3 is 0 Å². The van der Waals surface area contributed by atoms with E-state index in [2.05, 4.69) is 68.9 Å². The summed E-state index contributed by atoms with van der Waals surface area (Å²) >= 11 is 0. The normalized spacial score (nSPS) is 8.77. The molecule has 35 heavy (non-hydrogen) atoms. The maximum absolute atomic E-state index is 3.76. The van der Waals surface area contributed by atoms with Gasteiger partial charge in [0.25, 0.3) is 0 Å². The van der Waals surface area contributed by atoms with Gasteiger partial charge >= 0.3 is 0 Å². The molecule has 0 nitrogen and oxygen atoms in total. The summed E-state index contributed by atoms with van der Waals surface area (Å²) in [6, 6.07) is 0. The molecule has 0 rings (SSSR count). The minimum Gasteiger partial charge on any atom is -0.103 e. The Morgan fingerprint density at radius 1 is 0.343 bits per heavy atom. The van der Waals surface area contributed by atoms with Gasteiger partial charge in [-0.3, -0.25) is 0 Å². The van der Waals surface area contributed by atoms with E-state index in [0.29, 0.717) is 0 Å². The molecule has 0 aliphatic heterocycles. The molecule has 0 fully saturated rings. The maximum atomic E-state index is 3.76. The third kappa shape index (κ3) is 108. The van der Waals surface area contributed by atoms with E-state index in [1.165, 1.54) is 141 Å². The van der Waals surface area contributed by atoms with Crippen LogP contribution in [0.25, 0.3) is 0 Å². The number of hydrogen-bond acceptors (Lipinski definition) is 0. The molecule has 0 N–H and O–H groups in total. The molecule has 0 aromatic rings. The first-order valence-electron chi connectivity index (χ1n) is 16.7. The van der Waals surface area contributed by atoms with Crippen molar-refractivity contribution >= 4 is 0 Å². The predicted octanol–water partition coefficient (Wildman–Crippen LogP) is 14.9. The smallest absolute Gasteiger partial charge is 0.0353 e. The molecule has 0 radical (unpaired) electrons. The monoisotopic (exact) mass is 501 g/mol. The fourth-order valence-electron chi connectivity index (χ4n) is 3.01. The number of unbranched alkanes of at least 4 members (excludes halogenated alkanes) is 17. The highest BCUT2D eigenvalue weighted by Crippen LogP contribution is 2.13. The molecule has 0 aliphatic carbocycles. The zero-order chi connectivity index (χ0) is 28.3. The molecule has 220 valence electrons. The molecular formula is C35H80. The molecule has 0 saturated heterocycles. The predicted molar refractivity (Wildman–Crippen MR) is 174 cm³/mol. The van der Waals surface area contributed by atoms with Gasteiger partial charge in [-0.2, -0.15) is 0 Å². The van der Waals surface area contributed by atoms with Crippen LogP contribution in [-0.4, -0.2) is 0 Å². The highest BCUT2D eigenvalue weighted by atomic mass is 14.0. The first-order chi connectivity index (χ1) is 17.1. The van der Waals surface area contributed by atoms with Gasteiger partial charge in [-0.1, -0.05) is 211 Å². The second-order valence-corrected chi connectivity index (χ2v) is 9.50. The zero-order valence-corrected chi connectivity index (χ0v) is 27.8. The summed E-state index contributed by atoms with van der Waals surface area (Å²) in [6.45, 7) is 27.2. The van der Waals surface area contributed by atoms with Crippen LogP contribution in [0.4, 0.5) is 0 Å². The summed E-state index contributed by atoms with van der Waals surface area (Å²) in [7, 11) is 0. The Balaban J connectivity index is -0.000000107. The fraction of sp³-hybridized carbons (Fsp3) is 0.943. The van der Waals surface area contributed by atoms with E-state index in [1.807, 2.05) is 19.9 Å². The van der Waals surface area contributed by atoms with E-state index in [1.54, 1.807) is 0 Å². The van der Waals surface area contributed by atoms with Crippen LogP contribution in [0.1, 0.15) is 217 Å². The number of rotatable bonds is 18. The Hall–Kier alpha value is -0.260. The van der Waals surface area contributed by atoms with Gasteiger partial charge in [0.15, 0.2) is 0 Å². The van der Waals surface area contributed by atoms with Gasteiger partial charge in [-0.25, -0.2) is 0 Å². The van der Waals surface area contributed by atoms with Crippen molar-refractivity contribution in [1.82, 2.24) is 0 Å². The lowest BCUT2D eigenvalue weighted by Crippen LogP contribution is -1.83. The van der Waals surface area contributed by atoms with E-state index >= 15 is 0 Å². The van der Waals surface area contributed by atoms with E-state index in [0.717, 1.165) is 0 Å². The average Bonchev–Trinajstić information content (AvgIpc) is 2.85. The molecule has 0 aromatic heterocycles. The van der Waals surface area contributed by atoms with Gasteiger partial charge in [-0.15, -0.1) is 6.58 Å². The third-order valence-corrected chi connectivity index (χ3v) is 4.72. The standard InChI is InChI=1S/C19H38.C5H12.3C3H8.C2H6/c1-3-5-7-9-11-13-15-17-19-18-16-14-12-10-8-6-4-2;1-3-5-4-2;3*1-3-2;1-2/h3H,1,4-19H2,2H3;3-5H2,1-2H3;3*3H2,1-2H3;1-2H3. The van der Waals surface area contributed by atoms with Crippen molar-refractivity contribution in [1.29, 1.82) is 0 Å². The van der Waals surface area contributed by atoms with Crippen molar-refractivity contribution in [3.63, 3.8) is 0 Å². The van der Waals surface area contributed by atoms with Crippen LogP contribution in [-0.2, 0) is 0 Å². The average molecular weight is 501 g/mol. The van der Waals surface area contributed by atoms with Crippen LogP contribution in [0.5, 0.6) is 0 Å². The molecular weight excluding hydrogens is 420 g/mol. The minimum absolute atomic E-state index is 1.21. The van der Waals surface area contributed by atoms with Crippen LogP contribution in [0.3, 0.4) is 0 Å². The van der Waals surface area contributed by atoms with E-state index in [4.69, 9.17) is 0 Å². The Labute approximate surface area is 229 Å². The van der Waals surface area contributed by atoms with Crippen molar-refractivity contribution in [2.75, 3.05) is 0 Å². The van der Waals surface area contributed by atoms with E-state index < -0.39 is 0 Å². The van der Waals surface area contributed by atoms with Crippen LogP contribution in [0, 0.1) is 0 Å². The van der Waals surface area contributed by atoms with Crippen LogP contribution < -0.4 is 0 Å². The Kier molecular flexibility index (Phi) is 95.7. The quantitative estimate of drug-likeness (QED) is 0.130. The topological polar surface area (TPSA) is 0 Å². The summed E-state index contributed by atoms with van der Waals surface area (Å²) in [5.41, 5.74) is 0. The van der Waals surface area contributed by atoms with Gasteiger partial charge in [-0.05, 0) is 12.8 Å². The second kappa shape index (κ2) is 69.9. The third-order valence-electron chi connectivity index (χ3n) is 4.72. The largest absolute Gasteiger partial charge is 0.103 e. The molecule has 0 saturated carbocycles. The van der Waals surface area contributed by atoms with Crippen LogP contribution >= 0.6 is 0 Å². The Morgan fingerprint density at radius 2 is 0.543 bits per heavy atom. The second-order valence-electron chi connectivity index (χ2n) is 9.50. The Morgan fingerprint density at radius 3 is 0.714 bits per heavy atom. The van der Waals surface area contributed by atoms with Gasteiger partial charge in [0, 0.05) is 0 Å². The summed E-state index contributed by atoms with van der Waals surface area (Å²) < 4.78 is 0. The van der Waals surface area contributed by atoms with Crippen LogP contribution in [0.15, 0.2) is 12.7 Å². The van der Waals surface area contributed by atoms with Crippen LogP contribution in [0.2, 0.25) is 0 Å². The SMILES string of the molecule is C=CCCCCCCCCCCCCCCCCC.CC.CCC.CCC.CCC.CCCCC. The van der Waals surface area contributed by atoms with Gasteiger partial charge in [0.05, 0.1) is 0 Å². The van der Waals surface area contributed by atoms with Gasteiger partial charge in [0.2, 0.25) is 0 Å². The highest BCUT2D eigenvalue weighted by Gasteiger charge is 1.93. The van der Waals surface area contributed by atoms with Crippen molar-refractivity contribution in [3.05, 3.63) is 12.7 Å². The molecule has 0 bridgehead atoms. The molecule has 0 aliphatic rings. The van der Waals surface area contributed by atoms with Gasteiger partial charge in [0.1, 0.15) is 0 Å². The Bertz CT molecular complexity index is 223. The first kappa shape index (κ1) is 47.9. The molecule has 0 heterocycles. The van der Waals surface area contributed by atoms with E-state index in [9.17, 15) is 0 Å². The van der Waals surface area contributed by atoms with Crippen molar-refractivity contribution in [2.45, 2.75) is 217 Å². The highest BCUT2D eigenvalue weighted by molar-refractivity contribution is 4.65. The molecule has 0 aromatic carbocycles. The lowest BCUT2D eigenvalue weighted by atomic mass is 10.0. The summed E-state index contributed by atoms with van der Waals surface area (Å²) in [5.74, 6) is 0. The number of hydrogen-bond donors (Lipinski definition) is 0. The van der Waals surface area contributed by atoms with Crippen molar-refractivity contribution in [3.8, 4) is 0 Å². The molecule has 0 atom stereocenters. The lowest BCUT2D eigenvalue weighted by molar-refractivity contribution is 0.533. The molecule has 0 spiro atoms. The maximum Gasteiger partial charge on any atom is -0.0353 e. The molecule has 0 amide bonds. The molecule has 0 heteroatoms. The van der Waals surface area contributed by atoms with Crippen molar-refractivity contribution in [2.24, 2.45) is 0 Å². The van der Waals surface area contributed by atoms with E-state index in [-0.39, 0.29) is 0 Å². The first-order valence-corrected chi connectivity index (χ1v) is 16.7.